The molecule has 2 heteroatoms. The van der Waals surface area contributed by atoms with Gasteiger partial charge in [0.15, 0.2) is 11.6 Å². The lowest BCUT2D eigenvalue weighted by Gasteiger charge is -2.02. The Bertz CT molecular complexity index is 505. The Morgan fingerprint density at radius 2 is 0.950 bits per heavy atom. The highest BCUT2D eigenvalue weighted by molar-refractivity contribution is 6.37. The van der Waals surface area contributed by atoms with Crippen molar-refractivity contribution in [1.82, 2.24) is 0 Å². The lowest BCUT2D eigenvalue weighted by atomic mass is 10.0. The minimum absolute atomic E-state index is 0.259. The zero-order valence-electron chi connectivity index (χ0n) is 11.4. The molecule has 0 spiro atoms. The molecule has 0 aliphatic rings. The van der Waals surface area contributed by atoms with Crippen LogP contribution in [0.2, 0.25) is 0 Å². The predicted octanol–water partition coefficient (Wildman–Crippen LogP) is 3.39. The van der Waals surface area contributed by atoms with Gasteiger partial charge < -0.3 is 0 Å². The molecule has 0 aromatic heterocycles. The van der Waals surface area contributed by atoms with E-state index in [1.165, 1.54) is 0 Å². The first-order valence-electron chi connectivity index (χ1n) is 6.89. The normalized spacial score (nSPS) is 10.2. The number of rotatable bonds is 7. The van der Waals surface area contributed by atoms with Crippen molar-refractivity contribution in [3.63, 3.8) is 0 Å². The first-order chi connectivity index (χ1) is 9.75. The fourth-order valence-electron chi connectivity index (χ4n) is 2.08. The van der Waals surface area contributed by atoms with Gasteiger partial charge in [-0.15, -0.1) is 0 Å². The molecule has 0 bridgehead atoms. The van der Waals surface area contributed by atoms with Crippen LogP contribution in [0, 0.1) is 0 Å². The fourth-order valence-corrected chi connectivity index (χ4v) is 2.08. The number of carbonyl (C=O) groups is 2. The number of benzene rings is 2. The topological polar surface area (TPSA) is 34.1 Å². The van der Waals surface area contributed by atoms with Gasteiger partial charge in [0.1, 0.15) is 0 Å². The molecule has 0 heterocycles. The SMILES string of the molecule is O=C(CCc1ccccc1)C(=O)CCc1ccccc1. The van der Waals surface area contributed by atoms with E-state index in [0.29, 0.717) is 25.7 Å². The molecular formula is C18H18O2. The number of Topliss-reactive ketones (excluding diaryl/α,β-unsaturated/α-hetero) is 2. The summed E-state index contributed by atoms with van der Waals surface area (Å²) < 4.78 is 0. The largest absolute Gasteiger partial charge is 0.291 e. The number of hydrogen-bond acceptors (Lipinski definition) is 2. The first-order valence-corrected chi connectivity index (χ1v) is 6.89. The highest BCUT2D eigenvalue weighted by Crippen LogP contribution is 2.06. The van der Waals surface area contributed by atoms with Crippen molar-refractivity contribution in [2.24, 2.45) is 0 Å². The van der Waals surface area contributed by atoms with Gasteiger partial charge in [0, 0.05) is 12.8 Å². The van der Waals surface area contributed by atoms with Gasteiger partial charge in [-0.05, 0) is 24.0 Å². The van der Waals surface area contributed by atoms with E-state index >= 15 is 0 Å². The third-order valence-electron chi connectivity index (χ3n) is 3.28. The maximum absolute atomic E-state index is 11.8. The van der Waals surface area contributed by atoms with Gasteiger partial charge >= 0.3 is 0 Å². The van der Waals surface area contributed by atoms with Gasteiger partial charge in [0.2, 0.25) is 0 Å². The Balaban J connectivity index is 1.76. The Morgan fingerprint density at radius 3 is 1.30 bits per heavy atom. The van der Waals surface area contributed by atoms with Gasteiger partial charge in [-0.2, -0.15) is 0 Å². The van der Waals surface area contributed by atoms with Gasteiger partial charge in [0.05, 0.1) is 0 Å². The van der Waals surface area contributed by atoms with Crippen LogP contribution in [-0.2, 0) is 22.4 Å². The van der Waals surface area contributed by atoms with Crippen LogP contribution in [0.25, 0.3) is 0 Å². The smallest absolute Gasteiger partial charge is 0.198 e. The minimum Gasteiger partial charge on any atom is -0.291 e. The predicted molar refractivity (Wildman–Crippen MR) is 79.5 cm³/mol. The van der Waals surface area contributed by atoms with Gasteiger partial charge in [-0.1, -0.05) is 60.7 Å². The standard InChI is InChI=1S/C18H18O2/c19-17(13-11-15-7-3-1-4-8-15)18(20)14-12-16-9-5-2-6-10-16/h1-10H,11-14H2. The average molecular weight is 266 g/mol. The molecule has 0 saturated carbocycles. The molecule has 2 rings (SSSR count). The van der Waals surface area contributed by atoms with E-state index in [0.717, 1.165) is 11.1 Å². The van der Waals surface area contributed by atoms with Crippen LogP contribution in [0.15, 0.2) is 60.7 Å². The molecule has 20 heavy (non-hydrogen) atoms. The zero-order chi connectivity index (χ0) is 14.2. The summed E-state index contributed by atoms with van der Waals surface area (Å²) in [6, 6.07) is 19.5. The Hall–Kier alpha value is -2.22. The lowest BCUT2D eigenvalue weighted by molar-refractivity contribution is -0.136. The number of carbonyl (C=O) groups excluding carboxylic acids is 2. The summed E-state index contributed by atoms with van der Waals surface area (Å²) >= 11 is 0. The monoisotopic (exact) mass is 266 g/mol. The van der Waals surface area contributed by atoms with Gasteiger partial charge in [-0.25, -0.2) is 0 Å². The fraction of sp³-hybridized carbons (Fsp3) is 0.222. The van der Waals surface area contributed by atoms with Crippen molar-refractivity contribution in [2.45, 2.75) is 25.7 Å². The molecule has 0 aliphatic carbocycles. The summed E-state index contributed by atoms with van der Waals surface area (Å²) in [6.07, 6.45) is 1.88. The van der Waals surface area contributed by atoms with Gasteiger partial charge in [0.25, 0.3) is 0 Å². The zero-order valence-corrected chi connectivity index (χ0v) is 11.4. The number of ketones is 2. The summed E-state index contributed by atoms with van der Waals surface area (Å²) in [7, 11) is 0. The first kappa shape index (κ1) is 14.2. The van der Waals surface area contributed by atoms with Crippen LogP contribution in [0.4, 0.5) is 0 Å². The van der Waals surface area contributed by atoms with Crippen molar-refractivity contribution < 1.29 is 9.59 Å². The van der Waals surface area contributed by atoms with Crippen LogP contribution < -0.4 is 0 Å². The van der Waals surface area contributed by atoms with E-state index in [-0.39, 0.29) is 11.6 Å². The molecule has 102 valence electrons. The summed E-state index contributed by atoms with van der Waals surface area (Å²) in [5.74, 6) is -0.519. The molecule has 0 atom stereocenters. The molecule has 0 amide bonds. The molecule has 0 saturated heterocycles. The molecular weight excluding hydrogens is 248 g/mol. The second-order valence-corrected chi connectivity index (χ2v) is 4.82. The molecule has 0 N–H and O–H groups in total. The summed E-state index contributed by atoms with van der Waals surface area (Å²) in [6.45, 7) is 0. The molecule has 0 unspecified atom stereocenters. The van der Waals surface area contributed by atoms with Crippen molar-refractivity contribution in [2.75, 3.05) is 0 Å². The van der Waals surface area contributed by atoms with E-state index in [1.54, 1.807) is 0 Å². The Labute approximate surface area is 119 Å². The average Bonchev–Trinajstić information content (AvgIpc) is 2.52. The lowest BCUT2D eigenvalue weighted by Crippen LogP contribution is -2.15. The van der Waals surface area contributed by atoms with E-state index in [1.807, 2.05) is 60.7 Å². The number of aryl methyl sites for hydroxylation is 2. The van der Waals surface area contributed by atoms with Crippen molar-refractivity contribution in [3.05, 3.63) is 71.8 Å². The Morgan fingerprint density at radius 1 is 0.600 bits per heavy atom. The molecule has 0 aliphatic heterocycles. The van der Waals surface area contributed by atoms with Gasteiger partial charge in [-0.3, -0.25) is 9.59 Å². The molecule has 2 aromatic carbocycles. The second-order valence-electron chi connectivity index (χ2n) is 4.82. The quantitative estimate of drug-likeness (QED) is 0.720. The molecule has 2 nitrogen and oxygen atoms in total. The Kier molecular flexibility index (Phi) is 5.24. The summed E-state index contributed by atoms with van der Waals surface area (Å²) in [5.41, 5.74) is 2.19. The van der Waals surface area contributed by atoms with E-state index in [2.05, 4.69) is 0 Å². The summed E-state index contributed by atoms with van der Waals surface area (Å²) in [5, 5.41) is 0. The highest BCUT2D eigenvalue weighted by atomic mass is 16.2. The van der Waals surface area contributed by atoms with Crippen LogP contribution in [0.3, 0.4) is 0 Å². The maximum Gasteiger partial charge on any atom is 0.198 e. The molecule has 0 radical (unpaired) electrons. The van der Waals surface area contributed by atoms with Crippen molar-refractivity contribution >= 4 is 11.6 Å². The van der Waals surface area contributed by atoms with Crippen LogP contribution in [0.5, 0.6) is 0 Å². The maximum atomic E-state index is 11.8. The van der Waals surface area contributed by atoms with E-state index < -0.39 is 0 Å². The molecule has 2 aromatic rings. The minimum atomic E-state index is -0.259. The summed E-state index contributed by atoms with van der Waals surface area (Å²) in [4.78, 5) is 23.6. The van der Waals surface area contributed by atoms with E-state index in [9.17, 15) is 9.59 Å². The van der Waals surface area contributed by atoms with Crippen molar-refractivity contribution in [1.29, 1.82) is 0 Å². The third kappa shape index (κ3) is 4.47. The highest BCUT2D eigenvalue weighted by Gasteiger charge is 2.13. The van der Waals surface area contributed by atoms with Crippen LogP contribution in [0.1, 0.15) is 24.0 Å². The van der Waals surface area contributed by atoms with E-state index in [4.69, 9.17) is 0 Å². The molecule has 0 fully saturated rings. The van der Waals surface area contributed by atoms with Crippen LogP contribution >= 0.6 is 0 Å². The number of hydrogen-bond donors (Lipinski definition) is 0. The van der Waals surface area contributed by atoms with Crippen molar-refractivity contribution in [3.8, 4) is 0 Å². The second kappa shape index (κ2) is 7.39. The third-order valence-corrected chi connectivity index (χ3v) is 3.28. The van der Waals surface area contributed by atoms with Crippen LogP contribution in [-0.4, -0.2) is 11.6 Å².